The highest BCUT2D eigenvalue weighted by Gasteiger charge is 2.20. The molecule has 1 aliphatic carbocycles. The monoisotopic (exact) mass is 441 g/mol. The molecule has 0 saturated carbocycles. The van der Waals surface area contributed by atoms with E-state index >= 15 is 0 Å². The van der Waals surface area contributed by atoms with Crippen molar-refractivity contribution in [3.05, 3.63) is 125 Å². The molecule has 0 unspecified atom stereocenters. The molecule has 0 aliphatic heterocycles. The summed E-state index contributed by atoms with van der Waals surface area (Å²) in [5.41, 5.74) is 10.4. The zero-order valence-electron chi connectivity index (χ0n) is 20.3. The maximum absolute atomic E-state index is 2.36. The third kappa shape index (κ3) is 4.10. The number of para-hydroxylation sites is 1. The second kappa shape index (κ2) is 9.57. The molecular weight excluding hydrogens is 410 g/mol. The van der Waals surface area contributed by atoms with Crippen LogP contribution in [0.25, 0.3) is 34.1 Å². The van der Waals surface area contributed by atoms with Gasteiger partial charge in [0.15, 0.2) is 0 Å². The van der Waals surface area contributed by atoms with Crippen molar-refractivity contribution in [1.82, 2.24) is 0 Å². The topological polar surface area (TPSA) is 3.24 Å². The SMILES string of the molecule is C/C=C\C(=C/c1c2c(c(-c3ccc(C)cc3)c3ccccc13)CCC=C2)N(C)c1ccccc1. The summed E-state index contributed by atoms with van der Waals surface area (Å²) < 4.78 is 0. The van der Waals surface area contributed by atoms with Gasteiger partial charge in [-0.2, -0.15) is 0 Å². The Morgan fingerprint density at radius 3 is 2.29 bits per heavy atom. The van der Waals surface area contributed by atoms with Gasteiger partial charge >= 0.3 is 0 Å². The van der Waals surface area contributed by atoms with Crippen LogP contribution in [0.4, 0.5) is 5.69 Å². The highest BCUT2D eigenvalue weighted by Crippen LogP contribution is 2.41. The molecule has 0 amide bonds. The number of hydrogen-bond acceptors (Lipinski definition) is 1. The molecule has 0 heterocycles. The summed E-state index contributed by atoms with van der Waals surface area (Å²) >= 11 is 0. The second-order valence-electron chi connectivity index (χ2n) is 9.00. The smallest absolute Gasteiger partial charge is 0.0411 e. The first-order valence-electron chi connectivity index (χ1n) is 12.1. The maximum Gasteiger partial charge on any atom is 0.0411 e. The summed E-state index contributed by atoms with van der Waals surface area (Å²) in [6.07, 6.45) is 13.5. The Morgan fingerprint density at radius 1 is 0.853 bits per heavy atom. The molecule has 4 aromatic carbocycles. The Kier molecular flexibility index (Phi) is 6.18. The number of nitrogens with zero attached hydrogens (tertiary/aromatic N) is 1. The van der Waals surface area contributed by atoms with Crippen LogP contribution in [0.3, 0.4) is 0 Å². The number of benzene rings is 4. The van der Waals surface area contributed by atoms with E-state index in [0.717, 1.165) is 12.8 Å². The first kappa shape index (κ1) is 22.0. The maximum atomic E-state index is 2.36. The largest absolute Gasteiger partial charge is 0.345 e. The van der Waals surface area contributed by atoms with Gasteiger partial charge in [0.25, 0.3) is 0 Å². The van der Waals surface area contributed by atoms with Gasteiger partial charge in [0.2, 0.25) is 0 Å². The zero-order valence-corrected chi connectivity index (χ0v) is 20.3. The second-order valence-corrected chi connectivity index (χ2v) is 9.00. The van der Waals surface area contributed by atoms with Crippen LogP contribution >= 0.6 is 0 Å². The van der Waals surface area contributed by atoms with Crippen molar-refractivity contribution < 1.29 is 0 Å². The van der Waals surface area contributed by atoms with Gasteiger partial charge in [0.1, 0.15) is 0 Å². The molecule has 0 atom stereocenters. The summed E-state index contributed by atoms with van der Waals surface area (Å²) in [6, 6.07) is 28.5. The number of allylic oxidation sites excluding steroid dienone is 3. The number of anilines is 1. The summed E-state index contributed by atoms with van der Waals surface area (Å²) in [4.78, 5) is 2.27. The van der Waals surface area contributed by atoms with Crippen LogP contribution < -0.4 is 4.90 Å². The summed E-state index contributed by atoms with van der Waals surface area (Å²) in [6.45, 7) is 4.24. The lowest BCUT2D eigenvalue weighted by Crippen LogP contribution is -2.15. The molecule has 1 heteroatoms. The van der Waals surface area contributed by atoms with Gasteiger partial charge in [-0.25, -0.2) is 0 Å². The molecule has 0 bridgehead atoms. The molecule has 168 valence electrons. The fourth-order valence-electron chi connectivity index (χ4n) is 5.00. The third-order valence-electron chi connectivity index (χ3n) is 6.75. The van der Waals surface area contributed by atoms with Crippen LogP contribution in [0.1, 0.15) is 35.6 Å². The molecular formula is C33H31N. The first-order valence-corrected chi connectivity index (χ1v) is 12.1. The van der Waals surface area contributed by atoms with Crippen molar-refractivity contribution in [3.63, 3.8) is 0 Å². The molecule has 1 nitrogen and oxygen atoms in total. The summed E-state index contributed by atoms with van der Waals surface area (Å²) in [7, 11) is 2.15. The Morgan fingerprint density at radius 2 is 1.56 bits per heavy atom. The highest BCUT2D eigenvalue weighted by atomic mass is 15.1. The van der Waals surface area contributed by atoms with E-state index in [1.54, 1.807) is 0 Å². The normalized spacial score (nSPS) is 13.4. The zero-order chi connectivity index (χ0) is 23.5. The molecule has 4 aromatic rings. The van der Waals surface area contributed by atoms with Crippen LogP contribution in [0, 0.1) is 6.92 Å². The number of aryl methyl sites for hydroxylation is 1. The van der Waals surface area contributed by atoms with Gasteiger partial charge in [-0.1, -0.05) is 90.5 Å². The Bertz CT molecular complexity index is 1400. The standard InChI is InChI=1S/C33H31N/c1-4-12-27(34(3)26-13-6-5-7-14-26)23-32-28-15-8-10-17-30(28)33(25-21-19-24(2)20-22-25)31-18-11-9-16-29(31)32/h4-10,12-17,19-23H,11,18H2,1-3H3/b12-4-,27-23+. The number of likely N-dealkylation sites (N-methyl/N-ethyl adjacent to an activating group) is 1. The van der Waals surface area contributed by atoms with E-state index in [1.165, 1.54) is 55.5 Å². The predicted octanol–water partition coefficient (Wildman–Crippen LogP) is 8.83. The molecule has 0 spiro atoms. The summed E-state index contributed by atoms with van der Waals surface area (Å²) in [5.74, 6) is 0. The van der Waals surface area contributed by atoms with Crippen LogP contribution in [0.15, 0.2) is 103 Å². The predicted molar refractivity (Wildman–Crippen MR) is 149 cm³/mol. The Hall–Kier alpha value is -3.84. The lowest BCUT2D eigenvalue weighted by molar-refractivity contribution is 0.989. The summed E-state index contributed by atoms with van der Waals surface area (Å²) in [5, 5.41) is 2.63. The van der Waals surface area contributed by atoms with E-state index in [0.29, 0.717) is 0 Å². The van der Waals surface area contributed by atoms with E-state index in [4.69, 9.17) is 0 Å². The van der Waals surface area contributed by atoms with Crippen molar-refractivity contribution in [1.29, 1.82) is 0 Å². The van der Waals surface area contributed by atoms with Crippen LogP contribution in [0.5, 0.6) is 0 Å². The van der Waals surface area contributed by atoms with Crippen LogP contribution in [0.2, 0.25) is 0 Å². The van der Waals surface area contributed by atoms with Gasteiger partial charge < -0.3 is 4.90 Å². The average molecular weight is 442 g/mol. The molecule has 34 heavy (non-hydrogen) atoms. The number of fused-ring (bicyclic) bond motifs is 2. The van der Waals surface area contributed by atoms with Gasteiger partial charge in [0.05, 0.1) is 0 Å². The lowest BCUT2D eigenvalue weighted by Gasteiger charge is -2.25. The Balaban J connectivity index is 1.79. The third-order valence-corrected chi connectivity index (χ3v) is 6.75. The quantitative estimate of drug-likeness (QED) is 0.280. The lowest BCUT2D eigenvalue weighted by atomic mass is 9.81. The Labute approximate surface area is 203 Å². The van der Waals surface area contributed by atoms with Gasteiger partial charge in [0, 0.05) is 18.4 Å². The minimum Gasteiger partial charge on any atom is -0.345 e. The van der Waals surface area contributed by atoms with Crippen molar-refractivity contribution in [2.45, 2.75) is 26.7 Å². The highest BCUT2D eigenvalue weighted by molar-refractivity contribution is 6.06. The molecule has 0 saturated heterocycles. The fraction of sp³-hybridized carbons (Fsp3) is 0.152. The van der Waals surface area contributed by atoms with E-state index < -0.39 is 0 Å². The molecule has 5 rings (SSSR count). The van der Waals surface area contributed by atoms with Crippen molar-refractivity contribution in [3.8, 4) is 11.1 Å². The molecule has 0 fully saturated rings. The minimum absolute atomic E-state index is 1.06. The number of hydrogen-bond donors (Lipinski definition) is 0. The van der Waals surface area contributed by atoms with Gasteiger partial charge in [-0.15, -0.1) is 0 Å². The molecule has 0 N–H and O–H groups in total. The molecule has 1 aliphatic rings. The van der Waals surface area contributed by atoms with Crippen LogP contribution in [-0.2, 0) is 6.42 Å². The van der Waals surface area contributed by atoms with Crippen LogP contribution in [-0.4, -0.2) is 7.05 Å². The van der Waals surface area contributed by atoms with Gasteiger partial charge in [-0.05, 0) is 89.6 Å². The molecule has 0 radical (unpaired) electrons. The number of rotatable bonds is 5. The fourth-order valence-corrected chi connectivity index (χ4v) is 5.00. The average Bonchev–Trinajstić information content (AvgIpc) is 2.89. The van der Waals surface area contributed by atoms with E-state index in [1.807, 2.05) is 0 Å². The van der Waals surface area contributed by atoms with Crippen molar-refractivity contribution in [2.75, 3.05) is 11.9 Å². The molecule has 0 aromatic heterocycles. The van der Waals surface area contributed by atoms with E-state index in [-0.39, 0.29) is 0 Å². The minimum atomic E-state index is 1.06. The van der Waals surface area contributed by atoms with Gasteiger partial charge in [-0.3, -0.25) is 0 Å². The first-order chi connectivity index (χ1) is 16.7. The van der Waals surface area contributed by atoms with Crippen molar-refractivity contribution >= 4 is 28.6 Å². The van der Waals surface area contributed by atoms with E-state index in [9.17, 15) is 0 Å². The van der Waals surface area contributed by atoms with E-state index in [2.05, 4.69) is 135 Å². The van der Waals surface area contributed by atoms with Crippen molar-refractivity contribution in [2.24, 2.45) is 0 Å².